The van der Waals surface area contributed by atoms with Crippen LogP contribution in [0.4, 0.5) is 0 Å². The Kier molecular flexibility index (Phi) is 2.46. The molecule has 0 aromatic rings. The molecule has 4 aliphatic rings. The summed E-state index contributed by atoms with van der Waals surface area (Å²) >= 11 is 0. The number of aliphatic hydroxyl groups is 1. The van der Waals surface area contributed by atoms with Gasteiger partial charge in [-0.1, -0.05) is 0 Å². The van der Waals surface area contributed by atoms with E-state index in [-0.39, 0.29) is 12.6 Å². The highest BCUT2D eigenvalue weighted by molar-refractivity contribution is 5.82. The van der Waals surface area contributed by atoms with Gasteiger partial charge in [-0.25, -0.2) is 0 Å². The number of ether oxygens (including phenoxy) is 1. The fourth-order valence-corrected chi connectivity index (χ4v) is 4.74. The third-order valence-electron chi connectivity index (χ3n) is 4.81. The van der Waals surface area contributed by atoms with E-state index in [1.54, 1.807) is 0 Å². The molecule has 0 unspecified atom stereocenters. The molecule has 0 saturated heterocycles. The lowest BCUT2D eigenvalue weighted by Crippen LogP contribution is -2.58. The Hall–Kier alpha value is -1.10. The zero-order valence-corrected chi connectivity index (χ0v) is 10.4. The predicted molar refractivity (Wildman–Crippen MR) is 62.2 cm³/mol. The van der Waals surface area contributed by atoms with Crippen molar-refractivity contribution in [3.63, 3.8) is 0 Å². The van der Waals surface area contributed by atoms with Crippen molar-refractivity contribution in [1.82, 2.24) is 0 Å². The summed E-state index contributed by atoms with van der Waals surface area (Å²) in [6.45, 7) is -0.353. The van der Waals surface area contributed by atoms with E-state index in [9.17, 15) is 14.7 Å². The van der Waals surface area contributed by atoms with E-state index in [0.29, 0.717) is 18.3 Å². The Bertz CT molecular complexity index is 392. The summed E-state index contributed by atoms with van der Waals surface area (Å²) in [6, 6.07) is 0. The van der Waals surface area contributed by atoms with Crippen molar-refractivity contribution < 1.29 is 19.4 Å². The minimum Gasteiger partial charge on any atom is -0.455 e. The third kappa shape index (κ3) is 1.81. The van der Waals surface area contributed by atoms with Gasteiger partial charge in [-0.15, -0.1) is 0 Å². The highest BCUT2D eigenvalue weighted by atomic mass is 16.5. The molecule has 100 valence electrons. The molecule has 0 aromatic heterocycles. The van der Waals surface area contributed by atoms with Crippen LogP contribution in [-0.4, -0.2) is 29.2 Å². The van der Waals surface area contributed by atoms with Gasteiger partial charge in [0.2, 0.25) is 0 Å². The van der Waals surface area contributed by atoms with Gasteiger partial charge in [0.1, 0.15) is 0 Å². The van der Waals surface area contributed by atoms with Gasteiger partial charge in [-0.2, -0.15) is 0 Å². The van der Waals surface area contributed by atoms with E-state index in [0.717, 1.165) is 32.1 Å². The molecule has 0 aromatic carbocycles. The van der Waals surface area contributed by atoms with Crippen molar-refractivity contribution in [2.45, 2.75) is 44.1 Å². The Morgan fingerprint density at radius 3 is 2.33 bits per heavy atom. The molecule has 4 fully saturated rings. The van der Waals surface area contributed by atoms with E-state index in [2.05, 4.69) is 0 Å². The first-order chi connectivity index (χ1) is 8.41. The number of esters is 1. The molecule has 0 aliphatic heterocycles. The summed E-state index contributed by atoms with van der Waals surface area (Å²) in [4.78, 5) is 22.9. The molecule has 4 saturated carbocycles. The van der Waals surface area contributed by atoms with Gasteiger partial charge in [0.15, 0.2) is 6.61 Å². The van der Waals surface area contributed by atoms with Crippen molar-refractivity contribution in [2.75, 3.05) is 6.61 Å². The van der Waals surface area contributed by atoms with E-state index in [1.165, 1.54) is 0 Å². The van der Waals surface area contributed by atoms with Crippen molar-refractivity contribution >= 4 is 11.9 Å². The number of primary amides is 1. The van der Waals surface area contributed by atoms with Crippen LogP contribution in [0.5, 0.6) is 0 Å². The second-order valence-corrected chi connectivity index (χ2v) is 6.51. The highest BCUT2D eigenvalue weighted by Gasteiger charge is 2.60. The summed E-state index contributed by atoms with van der Waals surface area (Å²) in [5.41, 5.74) is 3.75. The minimum atomic E-state index is -0.685. The summed E-state index contributed by atoms with van der Waals surface area (Å²) in [5, 5.41) is 10.5. The molecular weight excluding hydrogens is 234 g/mol. The lowest BCUT2D eigenvalue weighted by molar-refractivity contribution is -0.196. The number of carbonyl (C=O) groups excluding carboxylic acids is 2. The average molecular weight is 253 g/mol. The first-order valence-corrected chi connectivity index (χ1v) is 6.59. The van der Waals surface area contributed by atoms with Crippen molar-refractivity contribution in [1.29, 1.82) is 0 Å². The van der Waals surface area contributed by atoms with Gasteiger partial charge in [0.25, 0.3) is 5.91 Å². The van der Waals surface area contributed by atoms with Crippen LogP contribution in [0.15, 0.2) is 0 Å². The largest absolute Gasteiger partial charge is 0.455 e. The number of hydrogen-bond donors (Lipinski definition) is 2. The maximum absolute atomic E-state index is 12.2. The zero-order chi connectivity index (χ0) is 13.0. The zero-order valence-electron chi connectivity index (χ0n) is 10.4. The van der Waals surface area contributed by atoms with Crippen LogP contribution in [-0.2, 0) is 14.3 Å². The number of hydrogen-bond acceptors (Lipinski definition) is 4. The smallest absolute Gasteiger partial charge is 0.312 e. The van der Waals surface area contributed by atoms with Gasteiger partial charge < -0.3 is 15.6 Å². The third-order valence-corrected chi connectivity index (χ3v) is 4.81. The quantitative estimate of drug-likeness (QED) is 0.710. The van der Waals surface area contributed by atoms with Crippen LogP contribution in [0.2, 0.25) is 0 Å². The molecule has 5 heteroatoms. The van der Waals surface area contributed by atoms with E-state index in [1.807, 2.05) is 0 Å². The molecule has 3 N–H and O–H groups in total. The Morgan fingerprint density at radius 1 is 1.22 bits per heavy atom. The number of carbonyl (C=O) groups is 2. The maximum Gasteiger partial charge on any atom is 0.312 e. The highest BCUT2D eigenvalue weighted by Crippen LogP contribution is 2.61. The Morgan fingerprint density at radius 2 is 1.83 bits per heavy atom. The molecule has 4 rings (SSSR count). The number of amides is 1. The van der Waals surface area contributed by atoms with E-state index in [4.69, 9.17) is 10.5 Å². The average Bonchev–Trinajstić information content (AvgIpc) is 2.22. The lowest BCUT2D eigenvalue weighted by atomic mass is 9.48. The topological polar surface area (TPSA) is 89.6 Å². The van der Waals surface area contributed by atoms with Crippen molar-refractivity contribution in [2.24, 2.45) is 23.0 Å². The molecule has 0 heterocycles. The SMILES string of the molecule is NC(=O)COC(=O)C12C[C@@H]3C[C@H](CC(O)(C3)C1)C2. The predicted octanol–water partition coefficient (Wildman–Crippen LogP) is 0.346. The monoisotopic (exact) mass is 253 g/mol. The van der Waals surface area contributed by atoms with Crippen molar-refractivity contribution in [3.05, 3.63) is 0 Å². The molecule has 2 atom stereocenters. The molecule has 0 spiro atoms. The second kappa shape index (κ2) is 3.70. The summed E-state index contributed by atoms with van der Waals surface area (Å²) in [7, 11) is 0. The first kappa shape index (κ1) is 12.0. The summed E-state index contributed by atoms with van der Waals surface area (Å²) < 4.78 is 5.01. The minimum absolute atomic E-state index is 0.339. The van der Waals surface area contributed by atoms with Crippen LogP contribution >= 0.6 is 0 Å². The van der Waals surface area contributed by atoms with Gasteiger partial charge in [0, 0.05) is 0 Å². The Balaban J connectivity index is 1.78. The molecular formula is C13H19NO4. The standard InChI is InChI=1S/C13H19NO4/c14-10(15)6-18-11(16)12-2-8-1-9(3-12)5-13(17,4-8)7-12/h8-9,17H,1-7H2,(H2,14,15)/t8-,9-,12?,13?/m0/s1. The molecule has 5 nitrogen and oxygen atoms in total. The number of nitrogens with two attached hydrogens (primary N) is 1. The fourth-order valence-electron chi connectivity index (χ4n) is 4.74. The van der Waals surface area contributed by atoms with Gasteiger partial charge in [-0.3, -0.25) is 9.59 Å². The molecule has 0 radical (unpaired) electrons. The Labute approximate surface area is 106 Å². The van der Waals surface area contributed by atoms with E-state index < -0.39 is 16.9 Å². The lowest BCUT2D eigenvalue weighted by Gasteiger charge is -2.58. The van der Waals surface area contributed by atoms with Crippen LogP contribution in [0.3, 0.4) is 0 Å². The summed E-state index contributed by atoms with van der Waals surface area (Å²) in [5.74, 6) is -0.115. The second-order valence-electron chi connectivity index (χ2n) is 6.51. The van der Waals surface area contributed by atoms with Crippen molar-refractivity contribution in [3.8, 4) is 0 Å². The van der Waals surface area contributed by atoms with Gasteiger partial charge in [-0.05, 0) is 50.4 Å². The van der Waals surface area contributed by atoms with Crippen LogP contribution in [0, 0.1) is 17.3 Å². The van der Waals surface area contributed by atoms with Gasteiger partial charge >= 0.3 is 5.97 Å². The summed E-state index contributed by atoms with van der Waals surface area (Å²) in [6.07, 6.45) is 4.83. The van der Waals surface area contributed by atoms with Crippen LogP contribution in [0.1, 0.15) is 38.5 Å². The molecule has 4 aliphatic carbocycles. The fraction of sp³-hybridized carbons (Fsp3) is 0.846. The van der Waals surface area contributed by atoms with Gasteiger partial charge in [0.05, 0.1) is 11.0 Å². The normalized spacial score (nSPS) is 44.9. The van der Waals surface area contributed by atoms with Crippen LogP contribution in [0.25, 0.3) is 0 Å². The molecule has 4 bridgehead atoms. The molecule has 18 heavy (non-hydrogen) atoms. The number of rotatable bonds is 3. The maximum atomic E-state index is 12.2. The molecule has 1 amide bonds. The first-order valence-electron chi connectivity index (χ1n) is 6.59. The van der Waals surface area contributed by atoms with E-state index >= 15 is 0 Å². The van der Waals surface area contributed by atoms with Crippen LogP contribution < -0.4 is 5.73 Å².